The minimum atomic E-state index is -0.761. The quantitative estimate of drug-likeness (QED) is 0.190. The normalized spacial score (nSPS) is 36.3. The van der Waals surface area contributed by atoms with Crippen LogP contribution in [0, 0.1) is 5.92 Å². The molecule has 2 rings (SSSR count). The van der Waals surface area contributed by atoms with Gasteiger partial charge in [-0.2, -0.15) is 0 Å². The van der Waals surface area contributed by atoms with E-state index in [0.717, 1.165) is 38.5 Å². The van der Waals surface area contributed by atoms with Crippen LogP contribution in [0.25, 0.3) is 0 Å². The van der Waals surface area contributed by atoms with E-state index in [-0.39, 0.29) is 21.9 Å². The molecule has 0 spiro atoms. The SMILES string of the molecule is C=C1C(=O)O[C@H]2CC(C)=CCCC(C)=CCC[C@@](C)(O)[C@@H](I)C[C@@H]12. The van der Waals surface area contributed by atoms with Gasteiger partial charge in [-0.15, -0.1) is 0 Å². The maximum Gasteiger partial charge on any atom is 0.334 e. The second-order valence-corrected chi connectivity index (χ2v) is 9.02. The molecular formula is C20H29IO3. The van der Waals surface area contributed by atoms with E-state index >= 15 is 0 Å². The fourth-order valence-electron chi connectivity index (χ4n) is 3.44. The van der Waals surface area contributed by atoms with Gasteiger partial charge in [-0.05, 0) is 52.9 Å². The second-order valence-electron chi connectivity index (χ2n) is 7.52. The van der Waals surface area contributed by atoms with Crippen LogP contribution in [-0.4, -0.2) is 26.7 Å². The smallest absolute Gasteiger partial charge is 0.334 e. The summed E-state index contributed by atoms with van der Waals surface area (Å²) in [5.41, 5.74) is 2.43. The fourth-order valence-corrected chi connectivity index (χ4v) is 4.30. The van der Waals surface area contributed by atoms with Gasteiger partial charge in [0.15, 0.2) is 0 Å². The third-order valence-corrected chi connectivity index (χ3v) is 7.10. The standard InChI is InChI=1S/C20H29IO3/c1-13-7-5-8-14(2)11-17-16(15(3)19(22)24-17)12-18(21)20(4,23)10-6-9-13/h8-9,16-18,23H,3,5-7,10-12H2,1-2,4H3/t16-,17-,18-,20+/m0/s1. The number of fused-ring (bicyclic) bond motifs is 1. The highest BCUT2D eigenvalue weighted by molar-refractivity contribution is 14.1. The fraction of sp³-hybridized carbons (Fsp3) is 0.650. The minimum Gasteiger partial charge on any atom is -0.458 e. The lowest BCUT2D eigenvalue weighted by molar-refractivity contribution is -0.139. The molecule has 0 unspecified atom stereocenters. The van der Waals surface area contributed by atoms with Gasteiger partial charge < -0.3 is 9.84 Å². The first kappa shape index (κ1) is 19.7. The zero-order chi connectivity index (χ0) is 17.9. The summed E-state index contributed by atoms with van der Waals surface area (Å²) in [5.74, 6) is -0.280. The van der Waals surface area contributed by atoms with Crippen molar-refractivity contribution in [3.63, 3.8) is 0 Å². The third kappa shape index (κ3) is 4.94. The molecule has 0 saturated carbocycles. The highest BCUT2D eigenvalue weighted by Gasteiger charge is 2.42. The number of hydrogen-bond donors (Lipinski definition) is 1. The average Bonchev–Trinajstić information content (AvgIpc) is 2.73. The minimum absolute atomic E-state index is 0.00514. The van der Waals surface area contributed by atoms with Crippen molar-refractivity contribution >= 4 is 28.6 Å². The number of halogens is 1. The Morgan fingerprint density at radius 2 is 1.96 bits per heavy atom. The van der Waals surface area contributed by atoms with Crippen molar-refractivity contribution in [2.75, 3.05) is 0 Å². The Kier molecular flexibility index (Phi) is 6.71. The predicted octanol–water partition coefficient (Wildman–Crippen LogP) is 4.89. The topological polar surface area (TPSA) is 46.5 Å². The van der Waals surface area contributed by atoms with Gasteiger partial charge in [0.05, 0.1) is 5.60 Å². The summed E-state index contributed by atoms with van der Waals surface area (Å²) in [6.07, 6.45) is 9.48. The van der Waals surface area contributed by atoms with Gasteiger partial charge in [-0.25, -0.2) is 4.79 Å². The number of ether oxygens (including phenoxy) is 1. The summed E-state index contributed by atoms with van der Waals surface area (Å²) in [5, 5.41) is 10.9. The maximum absolute atomic E-state index is 12.0. The largest absolute Gasteiger partial charge is 0.458 e. The van der Waals surface area contributed by atoms with Crippen LogP contribution in [0.1, 0.15) is 59.3 Å². The monoisotopic (exact) mass is 444 g/mol. The number of alkyl halides is 1. The molecule has 0 aromatic rings. The highest BCUT2D eigenvalue weighted by atomic mass is 127. The zero-order valence-electron chi connectivity index (χ0n) is 15.0. The molecule has 1 saturated heterocycles. The predicted molar refractivity (Wildman–Crippen MR) is 106 cm³/mol. The molecule has 134 valence electrons. The zero-order valence-corrected chi connectivity index (χ0v) is 17.1. The van der Waals surface area contributed by atoms with E-state index in [9.17, 15) is 9.90 Å². The lowest BCUT2D eigenvalue weighted by Crippen LogP contribution is -2.37. The van der Waals surface area contributed by atoms with Crippen LogP contribution in [-0.2, 0) is 9.53 Å². The Bertz CT molecular complexity index is 559. The molecule has 1 heterocycles. The lowest BCUT2D eigenvalue weighted by atomic mass is 9.83. The first-order valence-electron chi connectivity index (χ1n) is 8.78. The van der Waals surface area contributed by atoms with E-state index in [1.807, 2.05) is 6.92 Å². The summed E-state index contributed by atoms with van der Waals surface area (Å²) < 4.78 is 5.62. The lowest BCUT2D eigenvalue weighted by Gasteiger charge is -2.31. The van der Waals surface area contributed by atoms with Crippen molar-refractivity contribution in [2.45, 2.75) is 74.9 Å². The Morgan fingerprint density at radius 3 is 2.67 bits per heavy atom. The van der Waals surface area contributed by atoms with Crippen LogP contribution in [0.5, 0.6) is 0 Å². The molecule has 3 nitrogen and oxygen atoms in total. The molecule has 1 N–H and O–H groups in total. The number of rotatable bonds is 0. The van der Waals surface area contributed by atoms with Crippen molar-refractivity contribution in [3.8, 4) is 0 Å². The molecule has 24 heavy (non-hydrogen) atoms. The van der Waals surface area contributed by atoms with Crippen LogP contribution in [0.2, 0.25) is 0 Å². The van der Waals surface area contributed by atoms with Crippen LogP contribution >= 0.6 is 22.6 Å². The molecule has 2 aliphatic rings. The number of allylic oxidation sites excluding steroid dienone is 3. The molecule has 0 bridgehead atoms. The molecule has 0 aromatic carbocycles. The van der Waals surface area contributed by atoms with Crippen molar-refractivity contribution in [1.29, 1.82) is 0 Å². The third-order valence-electron chi connectivity index (χ3n) is 5.25. The first-order chi connectivity index (χ1) is 11.2. The van der Waals surface area contributed by atoms with E-state index in [2.05, 4.69) is 55.2 Å². The van der Waals surface area contributed by atoms with Crippen molar-refractivity contribution < 1.29 is 14.6 Å². The Balaban J connectivity index is 2.24. The molecule has 1 aliphatic heterocycles. The number of carbonyl (C=O) groups excluding carboxylic acids is 1. The van der Waals surface area contributed by atoms with Crippen LogP contribution in [0.4, 0.5) is 0 Å². The van der Waals surface area contributed by atoms with Crippen molar-refractivity contribution in [3.05, 3.63) is 35.5 Å². The molecule has 1 aliphatic carbocycles. The molecule has 0 amide bonds. The Morgan fingerprint density at radius 1 is 1.29 bits per heavy atom. The number of hydrogen-bond acceptors (Lipinski definition) is 3. The van der Waals surface area contributed by atoms with Gasteiger partial charge in [-0.1, -0.05) is 52.5 Å². The van der Waals surface area contributed by atoms with Gasteiger partial charge in [-0.3, -0.25) is 0 Å². The molecule has 0 radical (unpaired) electrons. The van der Waals surface area contributed by atoms with E-state index in [1.54, 1.807) is 0 Å². The van der Waals surface area contributed by atoms with Gasteiger partial charge in [0.25, 0.3) is 0 Å². The average molecular weight is 444 g/mol. The first-order valence-corrected chi connectivity index (χ1v) is 10.0. The van der Waals surface area contributed by atoms with Crippen LogP contribution < -0.4 is 0 Å². The highest BCUT2D eigenvalue weighted by Crippen LogP contribution is 2.39. The number of esters is 1. The molecular weight excluding hydrogens is 415 g/mol. The summed E-state index contributed by atoms with van der Waals surface area (Å²) in [7, 11) is 0. The maximum atomic E-state index is 12.0. The molecule has 0 aromatic heterocycles. The van der Waals surface area contributed by atoms with Gasteiger partial charge in [0, 0.05) is 21.8 Å². The number of carbonyl (C=O) groups is 1. The summed E-state index contributed by atoms with van der Waals surface area (Å²) in [4.78, 5) is 12.0. The second kappa shape index (κ2) is 8.17. The molecule has 4 heteroatoms. The van der Waals surface area contributed by atoms with Gasteiger partial charge in [0.1, 0.15) is 6.10 Å². The summed E-state index contributed by atoms with van der Waals surface area (Å²) in [6, 6.07) is 0. The van der Waals surface area contributed by atoms with Crippen LogP contribution in [0.3, 0.4) is 0 Å². The summed E-state index contributed by atoms with van der Waals surface area (Å²) >= 11 is 2.32. The Hall–Kier alpha value is -0.620. The van der Waals surface area contributed by atoms with E-state index < -0.39 is 5.60 Å². The number of aliphatic hydroxyl groups is 1. The molecule has 1 fully saturated rings. The molecule has 4 atom stereocenters. The van der Waals surface area contributed by atoms with Gasteiger partial charge >= 0.3 is 5.97 Å². The van der Waals surface area contributed by atoms with E-state index in [4.69, 9.17) is 4.74 Å². The van der Waals surface area contributed by atoms with Crippen LogP contribution in [0.15, 0.2) is 35.5 Å². The van der Waals surface area contributed by atoms with E-state index in [1.165, 1.54) is 11.1 Å². The Labute approximate surface area is 159 Å². The van der Waals surface area contributed by atoms with E-state index in [0.29, 0.717) is 5.57 Å². The van der Waals surface area contributed by atoms with Crippen molar-refractivity contribution in [1.82, 2.24) is 0 Å². The van der Waals surface area contributed by atoms with Crippen molar-refractivity contribution in [2.24, 2.45) is 5.92 Å². The summed E-state index contributed by atoms with van der Waals surface area (Å²) in [6.45, 7) is 10.1. The van der Waals surface area contributed by atoms with Gasteiger partial charge in [0.2, 0.25) is 0 Å².